The lowest BCUT2D eigenvalue weighted by molar-refractivity contribution is 0.395. The number of nitrogens with zero attached hydrogens (tertiary/aromatic N) is 1. The van der Waals surface area contributed by atoms with E-state index < -0.39 is 0 Å². The highest BCUT2D eigenvalue weighted by molar-refractivity contribution is 5.59. The fraction of sp³-hybridized carbons (Fsp3) is 0.235. The molecule has 0 aliphatic rings. The molecule has 108 valence electrons. The van der Waals surface area contributed by atoms with Crippen LogP contribution in [0, 0.1) is 18.3 Å². The van der Waals surface area contributed by atoms with Crippen LogP contribution in [0.15, 0.2) is 36.4 Å². The van der Waals surface area contributed by atoms with Gasteiger partial charge in [-0.05, 0) is 42.3 Å². The van der Waals surface area contributed by atoms with Crippen LogP contribution >= 0.6 is 0 Å². The number of aryl methyl sites for hydroxylation is 1. The largest absolute Gasteiger partial charge is 0.497 e. The van der Waals surface area contributed by atoms with Crippen LogP contribution < -0.4 is 14.8 Å². The van der Waals surface area contributed by atoms with Crippen LogP contribution in [0.4, 0.5) is 5.69 Å². The molecule has 2 rings (SSSR count). The molecule has 0 unspecified atom stereocenters. The molecule has 0 fully saturated rings. The fourth-order valence-corrected chi connectivity index (χ4v) is 2.10. The summed E-state index contributed by atoms with van der Waals surface area (Å²) in [6.07, 6.45) is 0. The normalized spacial score (nSPS) is 9.81. The van der Waals surface area contributed by atoms with Gasteiger partial charge in [-0.2, -0.15) is 5.26 Å². The van der Waals surface area contributed by atoms with Crippen LogP contribution in [-0.4, -0.2) is 14.2 Å². The minimum Gasteiger partial charge on any atom is -0.497 e. The van der Waals surface area contributed by atoms with Crippen LogP contribution in [0.3, 0.4) is 0 Å². The second-order valence-electron chi connectivity index (χ2n) is 4.67. The van der Waals surface area contributed by atoms with E-state index in [1.54, 1.807) is 14.2 Å². The van der Waals surface area contributed by atoms with E-state index >= 15 is 0 Å². The summed E-state index contributed by atoms with van der Waals surface area (Å²) in [5.41, 5.74) is 3.82. The van der Waals surface area contributed by atoms with Gasteiger partial charge in [0.05, 0.1) is 31.5 Å². The number of ether oxygens (including phenoxy) is 2. The first-order chi connectivity index (χ1) is 10.2. The Morgan fingerprint density at radius 1 is 1.10 bits per heavy atom. The second-order valence-corrected chi connectivity index (χ2v) is 4.67. The number of nitriles is 1. The molecule has 0 spiro atoms. The van der Waals surface area contributed by atoms with Gasteiger partial charge in [0.25, 0.3) is 0 Å². The molecule has 0 saturated carbocycles. The molecule has 2 aromatic rings. The average molecular weight is 282 g/mol. The molecule has 4 nitrogen and oxygen atoms in total. The Labute approximate surface area is 124 Å². The summed E-state index contributed by atoms with van der Waals surface area (Å²) in [6, 6.07) is 13.5. The van der Waals surface area contributed by atoms with Gasteiger partial charge in [0.2, 0.25) is 0 Å². The third kappa shape index (κ3) is 3.46. The summed E-state index contributed by atoms with van der Waals surface area (Å²) in [6.45, 7) is 2.67. The molecule has 4 heteroatoms. The molecule has 1 N–H and O–H groups in total. The van der Waals surface area contributed by atoms with E-state index in [-0.39, 0.29) is 0 Å². The molecule has 0 saturated heterocycles. The van der Waals surface area contributed by atoms with Crippen molar-refractivity contribution in [3.05, 3.63) is 53.1 Å². The van der Waals surface area contributed by atoms with Gasteiger partial charge in [0.15, 0.2) is 0 Å². The van der Waals surface area contributed by atoms with Gasteiger partial charge < -0.3 is 14.8 Å². The van der Waals surface area contributed by atoms with Crippen molar-refractivity contribution in [1.82, 2.24) is 0 Å². The van der Waals surface area contributed by atoms with Crippen molar-refractivity contribution < 1.29 is 9.47 Å². The van der Waals surface area contributed by atoms with E-state index in [1.807, 2.05) is 43.3 Å². The van der Waals surface area contributed by atoms with Crippen molar-refractivity contribution in [3.63, 3.8) is 0 Å². The number of rotatable bonds is 5. The van der Waals surface area contributed by atoms with Crippen molar-refractivity contribution >= 4 is 5.69 Å². The minimum absolute atomic E-state index is 0.667. The summed E-state index contributed by atoms with van der Waals surface area (Å²) < 4.78 is 10.5. The quantitative estimate of drug-likeness (QED) is 0.912. The average Bonchev–Trinajstić information content (AvgIpc) is 2.53. The van der Waals surface area contributed by atoms with Gasteiger partial charge in [-0.15, -0.1) is 0 Å². The predicted octanol–water partition coefficient (Wildman–Crippen LogP) is 3.50. The Bertz CT molecular complexity index is 675. The van der Waals surface area contributed by atoms with E-state index in [0.29, 0.717) is 12.1 Å². The Kier molecular flexibility index (Phi) is 4.68. The molecule has 0 aliphatic heterocycles. The molecule has 0 bridgehead atoms. The number of nitrogens with one attached hydrogen (secondary N) is 1. The maximum Gasteiger partial charge on any atom is 0.145 e. The van der Waals surface area contributed by atoms with Crippen molar-refractivity contribution in [2.24, 2.45) is 0 Å². The van der Waals surface area contributed by atoms with Gasteiger partial charge in [-0.3, -0.25) is 0 Å². The topological polar surface area (TPSA) is 54.3 Å². The third-order valence-corrected chi connectivity index (χ3v) is 3.35. The fourth-order valence-electron chi connectivity index (χ4n) is 2.10. The molecule has 0 aromatic heterocycles. The number of anilines is 1. The summed E-state index contributed by atoms with van der Waals surface area (Å²) in [7, 11) is 3.26. The van der Waals surface area contributed by atoms with E-state index in [2.05, 4.69) is 11.4 Å². The molecule has 2 aromatic carbocycles. The monoisotopic (exact) mass is 282 g/mol. The third-order valence-electron chi connectivity index (χ3n) is 3.35. The Balaban J connectivity index is 2.15. The van der Waals surface area contributed by atoms with Crippen LogP contribution in [0.2, 0.25) is 0 Å². The zero-order chi connectivity index (χ0) is 15.2. The zero-order valence-electron chi connectivity index (χ0n) is 12.4. The maximum atomic E-state index is 8.88. The van der Waals surface area contributed by atoms with Crippen molar-refractivity contribution in [2.45, 2.75) is 13.5 Å². The summed E-state index contributed by atoms with van der Waals surface area (Å²) in [5.74, 6) is 1.49. The number of hydrogen-bond donors (Lipinski definition) is 1. The molecular weight excluding hydrogens is 264 g/mol. The molecule has 0 heterocycles. The van der Waals surface area contributed by atoms with Gasteiger partial charge in [-0.25, -0.2) is 0 Å². The van der Waals surface area contributed by atoms with Crippen molar-refractivity contribution in [3.8, 4) is 17.6 Å². The molecule has 0 atom stereocenters. The Morgan fingerprint density at radius 2 is 1.90 bits per heavy atom. The predicted molar refractivity (Wildman–Crippen MR) is 82.8 cm³/mol. The molecule has 21 heavy (non-hydrogen) atoms. The first-order valence-electron chi connectivity index (χ1n) is 6.63. The lowest BCUT2D eigenvalue weighted by Crippen LogP contribution is -2.03. The highest BCUT2D eigenvalue weighted by atomic mass is 16.5. The number of hydrogen-bond acceptors (Lipinski definition) is 4. The van der Waals surface area contributed by atoms with Crippen LogP contribution in [-0.2, 0) is 6.54 Å². The molecule has 0 radical (unpaired) electrons. The van der Waals surface area contributed by atoms with Gasteiger partial charge in [0.1, 0.15) is 11.5 Å². The maximum absolute atomic E-state index is 8.88. The first kappa shape index (κ1) is 14.7. The van der Waals surface area contributed by atoms with Gasteiger partial charge >= 0.3 is 0 Å². The van der Waals surface area contributed by atoms with E-state index in [0.717, 1.165) is 28.3 Å². The van der Waals surface area contributed by atoms with E-state index in [9.17, 15) is 0 Å². The standard InChI is InChI=1S/C17H18N2O2/c1-12-8-13(10-18)4-5-14(12)11-19-16-7-6-15(20-2)9-17(16)21-3/h4-9,19H,11H2,1-3H3. The van der Waals surface area contributed by atoms with Crippen LogP contribution in [0.5, 0.6) is 11.5 Å². The molecule has 0 aliphatic carbocycles. The van der Waals surface area contributed by atoms with Crippen molar-refractivity contribution in [1.29, 1.82) is 5.26 Å². The van der Waals surface area contributed by atoms with E-state index in [4.69, 9.17) is 14.7 Å². The molecule has 0 amide bonds. The molecular formula is C17H18N2O2. The first-order valence-corrected chi connectivity index (χ1v) is 6.63. The zero-order valence-corrected chi connectivity index (χ0v) is 12.4. The van der Waals surface area contributed by atoms with Gasteiger partial charge in [0, 0.05) is 12.6 Å². The lowest BCUT2D eigenvalue weighted by atomic mass is 10.1. The second kappa shape index (κ2) is 6.67. The number of benzene rings is 2. The van der Waals surface area contributed by atoms with E-state index in [1.165, 1.54) is 0 Å². The lowest BCUT2D eigenvalue weighted by Gasteiger charge is -2.13. The SMILES string of the molecule is COc1ccc(NCc2ccc(C#N)cc2C)c(OC)c1. The smallest absolute Gasteiger partial charge is 0.145 e. The Hall–Kier alpha value is -2.67. The van der Waals surface area contributed by atoms with Gasteiger partial charge in [-0.1, -0.05) is 6.07 Å². The summed E-state index contributed by atoms with van der Waals surface area (Å²) >= 11 is 0. The highest BCUT2D eigenvalue weighted by Crippen LogP contribution is 2.29. The summed E-state index contributed by atoms with van der Waals surface area (Å²) in [4.78, 5) is 0. The highest BCUT2D eigenvalue weighted by Gasteiger charge is 2.06. The van der Waals surface area contributed by atoms with Crippen molar-refractivity contribution in [2.75, 3.05) is 19.5 Å². The van der Waals surface area contributed by atoms with Crippen LogP contribution in [0.1, 0.15) is 16.7 Å². The Morgan fingerprint density at radius 3 is 2.52 bits per heavy atom. The van der Waals surface area contributed by atoms with Crippen LogP contribution in [0.25, 0.3) is 0 Å². The summed E-state index contributed by atoms with van der Waals surface area (Å²) in [5, 5.41) is 12.2. The minimum atomic E-state index is 0.667. The number of methoxy groups -OCH3 is 2.